The Morgan fingerprint density at radius 1 is 1.08 bits per heavy atom. The number of carbonyl (C=O) groups excluding carboxylic acids is 1. The number of nitrogens with zero attached hydrogens (tertiary/aromatic N) is 2. The number of carbonyl (C=O) groups is 1. The molecule has 0 N–H and O–H groups in total. The van der Waals surface area contributed by atoms with Gasteiger partial charge >= 0.3 is 0 Å². The number of ketones is 1. The highest BCUT2D eigenvalue weighted by Crippen LogP contribution is 2.36. The molecular weight excluding hydrogens is 340 g/mol. The van der Waals surface area contributed by atoms with Gasteiger partial charge in [-0.3, -0.25) is 4.79 Å². The second kappa shape index (κ2) is 6.60. The van der Waals surface area contributed by atoms with Crippen molar-refractivity contribution >= 4 is 27.4 Å². The van der Waals surface area contributed by atoms with Crippen molar-refractivity contribution in [3.63, 3.8) is 0 Å². The van der Waals surface area contributed by atoms with Crippen molar-refractivity contribution in [1.29, 1.82) is 0 Å². The summed E-state index contributed by atoms with van der Waals surface area (Å²) in [7, 11) is 0. The van der Waals surface area contributed by atoms with Crippen LogP contribution in [0.2, 0.25) is 0 Å². The molecule has 2 aromatic carbocycles. The van der Waals surface area contributed by atoms with Crippen LogP contribution in [0.5, 0.6) is 0 Å². The summed E-state index contributed by atoms with van der Waals surface area (Å²) in [6.45, 7) is 3.53. The van der Waals surface area contributed by atoms with Gasteiger partial charge in [0.05, 0.1) is 4.70 Å². The Morgan fingerprint density at radius 3 is 2.62 bits per heavy atom. The van der Waals surface area contributed by atoms with Crippen LogP contribution in [0.25, 0.3) is 21.2 Å². The molecule has 4 heteroatoms. The number of fused-ring (bicyclic) bond motifs is 4. The molecule has 26 heavy (non-hydrogen) atoms. The summed E-state index contributed by atoms with van der Waals surface area (Å²) in [6, 6.07) is 16.7. The van der Waals surface area contributed by atoms with Crippen LogP contribution in [0, 0.1) is 11.8 Å². The molecule has 4 heterocycles. The van der Waals surface area contributed by atoms with Gasteiger partial charge < -0.3 is 4.90 Å². The Hall–Kier alpha value is -2.04. The fourth-order valence-corrected chi connectivity index (χ4v) is 5.43. The summed E-state index contributed by atoms with van der Waals surface area (Å²) in [5.74, 6) is 1.48. The van der Waals surface area contributed by atoms with Gasteiger partial charge in [-0.15, -0.1) is 0 Å². The van der Waals surface area contributed by atoms with Crippen molar-refractivity contribution in [3.05, 3.63) is 54.2 Å². The number of aromatic nitrogens is 1. The number of piperidine rings is 3. The fraction of sp³-hybridized carbons (Fsp3) is 0.364. The minimum atomic E-state index is 0.225. The van der Waals surface area contributed by atoms with Gasteiger partial charge in [0.15, 0.2) is 5.78 Å². The molecule has 6 rings (SSSR count). The Bertz CT molecular complexity index is 941. The van der Waals surface area contributed by atoms with Gasteiger partial charge in [-0.1, -0.05) is 42.5 Å². The van der Waals surface area contributed by atoms with E-state index in [0.29, 0.717) is 18.0 Å². The third-order valence-corrected chi connectivity index (χ3v) is 6.89. The van der Waals surface area contributed by atoms with Crippen molar-refractivity contribution in [2.75, 3.05) is 19.6 Å². The smallest absolute Gasteiger partial charge is 0.183 e. The molecule has 0 aliphatic carbocycles. The van der Waals surface area contributed by atoms with E-state index in [-0.39, 0.29) is 5.78 Å². The first-order valence-electron chi connectivity index (χ1n) is 9.48. The van der Waals surface area contributed by atoms with Gasteiger partial charge in [0.25, 0.3) is 0 Å². The largest absolute Gasteiger partial charge is 0.303 e. The normalized spacial score (nSPS) is 24.8. The summed E-state index contributed by atoms with van der Waals surface area (Å²) >= 11 is 1.45. The first kappa shape index (κ1) is 16.2. The van der Waals surface area contributed by atoms with Gasteiger partial charge in [-0.05, 0) is 66.5 Å². The molecule has 0 spiro atoms. The highest BCUT2D eigenvalue weighted by molar-refractivity contribution is 7.13. The van der Waals surface area contributed by atoms with Crippen LogP contribution in [-0.2, 0) is 0 Å². The second-order valence-electron chi connectivity index (χ2n) is 7.63. The predicted octanol–water partition coefficient (Wildman–Crippen LogP) is 4.88. The maximum Gasteiger partial charge on any atom is 0.183 e. The lowest BCUT2D eigenvalue weighted by Gasteiger charge is -2.44. The Morgan fingerprint density at radius 2 is 1.88 bits per heavy atom. The quantitative estimate of drug-likeness (QED) is 0.620. The van der Waals surface area contributed by atoms with E-state index in [1.807, 2.05) is 6.07 Å². The van der Waals surface area contributed by atoms with Crippen molar-refractivity contribution in [2.45, 2.75) is 19.3 Å². The van der Waals surface area contributed by atoms with Gasteiger partial charge in [0.2, 0.25) is 0 Å². The topological polar surface area (TPSA) is 33.2 Å². The van der Waals surface area contributed by atoms with E-state index in [2.05, 4.69) is 51.7 Å². The van der Waals surface area contributed by atoms with E-state index in [4.69, 9.17) is 0 Å². The maximum absolute atomic E-state index is 12.9. The van der Waals surface area contributed by atoms with Crippen LogP contribution in [0.1, 0.15) is 29.8 Å². The highest BCUT2D eigenvalue weighted by Gasteiger charge is 2.35. The minimum Gasteiger partial charge on any atom is -0.303 e. The van der Waals surface area contributed by atoms with Crippen molar-refractivity contribution in [1.82, 2.24) is 9.27 Å². The number of Topliss-reactive ketones (excluding diaryl/α,β-unsaturated/α-hetero) is 1. The Labute approximate surface area is 157 Å². The molecule has 3 aromatic rings. The number of rotatable bonds is 4. The van der Waals surface area contributed by atoms with E-state index in [9.17, 15) is 4.79 Å². The molecule has 3 fully saturated rings. The van der Waals surface area contributed by atoms with E-state index in [1.165, 1.54) is 48.6 Å². The second-order valence-corrected chi connectivity index (χ2v) is 8.44. The molecule has 3 nitrogen and oxygen atoms in total. The first-order chi connectivity index (χ1) is 12.8. The standard InChI is InChI=1S/C22H22N2OS/c25-20(12-18-14-24-10-8-16(18)9-11-24)22-19-7-6-17(13-21(19)26-23-22)15-4-2-1-3-5-15/h1-7,13,16,18H,8-12,14H2/t18-/m1/s1. The zero-order chi connectivity index (χ0) is 17.5. The predicted molar refractivity (Wildman–Crippen MR) is 107 cm³/mol. The molecule has 0 saturated carbocycles. The number of hydrogen-bond donors (Lipinski definition) is 0. The lowest BCUT2D eigenvalue weighted by atomic mass is 9.76. The van der Waals surface area contributed by atoms with Crippen LogP contribution >= 0.6 is 11.5 Å². The third kappa shape index (κ3) is 2.87. The molecule has 132 valence electrons. The summed E-state index contributed by atoms with van der Waals surface area (Å²) < 4.78 is 5.64. The van der Waals surface area contributed by atoms with E-state index in [0.717, 1.165) is 22.5 Å². The van der Waals surface area contributed by atoms with Crippen LogP contribution < -0.4 is 0 Å². The van der Waals surface area contributed by atoms with Crippen LogP contribution in [0.4, 0.5) is 0 Å². The average molecular weight is 362 g/mol. The molecule has 3 aliphatic heterocycles. The van der Waals surface area contributed by atoms with Crippen LogP contribution in [-0.4, -0.2) is 34.7 Å². The number of benzene rings is 2. The zero-order valence-corrected chi connectivity index (χ0v) is 15.5. The third-order valence-electron chi connectivity index (χ3n) is 6.08. The molecule has 1 aromatic heterocycles. The summed E-state index contributed by atoms with van der Waals surface area (Å²) in [4.78, 5) is 15.5. The van der Waals surface area contributed by atoms with Crippen LogP contribution in [0.15, 0.2) is 48.5 Å². The van der Waals surface area contributed by atoms with E-state index in [1.54, 1.807) is 0 Å². The van der Waals surface area contributed by atoms with Crippen molar-refractivity contribution in [2.24, 2.45) is 11.8 Å². The summed E-state index contributed by atoms with van der Waals surface area (Å²) in [5.41, 5.74) is 3.06. The monoisotopic (exact) mass is 362 g/mol. The average Bonchev–Trinajstić information content (AvgIpc) is 3.13. The SMILES string of the molecule is O=C(C[C@@H]1CN2CCC1CC2)c1nsc2cc(-c3ccccc3)ccc12. The Balaban J connectivity index is 1.40. The maximum atomic E-state index is 12.9. The zero-order valence-electron chi connectivity index (χ0n) is 14.7. The van der Waals surface area contributed by atoms with Crippen LogP contribution in [0.3, 0.4) is 0 Å². The first-order valence-corrected chi connectivity index (χ1v) is 10.3. The molecule has 2 bridgehead atoms. The fourth-order valence-electron chi connectivity index (χ4n) is 4.60. The molecule has 3 aliphatic rings. The van der Waals surface area contributed by atoms with Gasteiger partial charge in [-0.25, -0.2) is 0 Å². The lowest BCUT2D eigenvalue weighted by molar-refractivity contribution is 0.0440. The van der Waals surface area contributed by atoms with Gasteiger partial charge in [-0.2, -0.15) is 4.37 Å². The van der Waals surface area contributed by atoms with Gasteiger partial charge in [0, 0.05) is 18.4 Å². The molecule has 0 unspecified atom stereocenters. The molecular formula is C22H22N2OS. The summed E-state index contributed by atoms with van der Waals surface area (Å²) in [5, 5.41) is 1.01. The molecule has 1 atom stereocenters. The molecule has 3 saturated heterocycles. The Kier molecular flexibility index (Phi) is 4.10. The number of hydrogen-bond acceptors (Lipinski definition) is 4. The highest BCUT2D eigenvalue weighted by atomic mass is 32.1. The van der Waals surface area contributed by atoms with E-state index >= 15 is 0 Å². The molecule has 0 radical (unpaired) electrons. The van der Waals surface area contributed by atoms with Gasteiger partial charge in [0.1, 0.15) is 5.69 Å². The summed E-state index contributed by atoms with van der Waals surface area (Å²) in [6.07, 6.45) is 3.17. The van der Waals surface area contributed by atoms with Crippen molar-refractivity contribution < 1.29 is 4.79 Å². The molecule has 0 amide bonds. The minimum absolute atomic E-state index is 0.225. The van der Waals surface area contributed by atoms with Crippen molar-refractivity contribution in [3.8, 4) is 11.1 Å². The van der Waals surface area contributed by atoms with E-state index < -0.39 is 0 Å². The lowest BCUT2D eigenvalue weighted by Crippen LogP contribution is -2.47.